The van der Waals surface area contributed by atoms with E-state index < -0.39 is 23.1 Å². The molecule has 0 unspecified atom stereocenters. The Kier molecular flexibility index (Phi) is 3.55. The Hall–Kier alpha value is -3.38. The number of carboxylic acids is 2. The largest absolute Gasteiger partial charge is 0.477 e. The number of fused-ring (bicyclic) bond motifs is 1. The molecule has 1 aliphatic rings. The second-order valence-corrected chi connectivity index (χ2v) is 4.26. The lowest BCUT2D eigenvalue weighted by molar-refractivity contribution is -0.133. The molecular formula is C15H8N2O4. The van der Waals surface area contributed by atoms with Crippen molar-refractivity contribution in [2.24, 2.45) is 0 Å². The summed E-state index contributed by atoms with van der Waals surface area (Å²) < 4.78 is 0. The van der Waals surface area contributed by atoms with Gasteiger partial charge in [0.15, 0.2) is 0 Å². The van der Waals surface area contributed by atoms with Gasteiger partial charge in [-0.1, -0.05) is 24.3 Å². The van der Waals surface area contributed by atoms with Crippen molar-refractivity contribution in [2.75, 3.05) is 0 Å². The molecule has 2 rings (SSSR count). The van der Waals surface area contributed by atoms with Gasteiger partial charge in [0, 0.05) is 6.42 Å². The molecule has 2 N–H and O–H groups in total. The summed E-state index contributed by atoms with van der Waals surface area (Å²) in [5, 5.41) is 36.1. The summed E-state index contributed by atoms with van der Waals surface area (Å²) in [6, 6.07) is 9.76. The number of nitriles is 2. The molecule has 0 amide bonds. The van der Waals surface area contributed by atoms with Gasteiger partial charge < -0.3 is 10.2 Å². The van der Waals surface area contributed by atoms with Gasteiger partial charge in [-0.15, -0.1) is 0 Å². The fraction of sp³-hybridized carbons (Fsp3) is 0.0667. The minimum atomic E-state index is -1.38. The second kappa shape index (κ2) is 5.32. The number of hydrogen-bond acceptors (Lipinski definition) is 4. The molecule has 0 heterocycles. The first-order valence-corrected chi connectivity index (χ1v) is 5.84. The van der Waals surface area contributed by atoms with Crippen LogP contribution in [0.25, 0.3) is 11.1 Å². The predicted octanol–water partition coefficient (Wildman–Crippen LogP) is 1.81. The first kappa shape index (κ1) is 14.0. The summed E-state index contributed by atoms with van der Waals surface area (Å²) in [4.78, 5) is 22.3. The van der Waals surface area contributed by atoms with Crippen molar-refractivity contribution in [2.45, 2.75) is 6.42 Å². The lowest BCUT2D eigenvalue weighted by Gasteiger charge is -2.01. The van der Waals surface area contributed by atoms with Crippen LogP contribution in [0, 0.1) is 22.7 Å². The van der Waals surface area contributed by atoms with Crippen LogP contribution in [0.15, 0.2) is 35.4 Å². The highest BCUT2D eigenvalue weighted by Crippen LogP contribution is 2.43. The van der Waals surface area contributed by atoms with Crippen LogP contribution in [0.2, 0.25) is 0 Å². The molecule has 21 heavy (non-hydrogen) atoms. The van der Waals surface area contributed by atoms with E-state index in [9.17, 15) is 9.59 Å². The zero-order valence-corrected chi connectivity index (χ0v) is 10.6. The Morgan fingerprint density at radius 3 is 1.57 bits per heavy atom. The number of aliphatic carboxylic acids is 2. The topological polar surface area (TPSA) is 122 Å². The molecule has 0 bridgehead atoms. The van der Waals surface area contributed by atoms with Gasteiger partial charge >= 0.3 is 11.9 Å². The molecule has 102 valence electrons. The molecule has 0 saturated heterocycles. The molecule has 6 nitrogen and oxygen atoms in total. The van der Waals surface area contributed by atoms with Crippen LogP contribution in [0.4, 0.5) is 0 Å². The van der Waals surface area contributed by atoms with Crippen molar-refractivity contribution in [1.29, 1.82) is 10.5 Å². The van der Waals surface area contributed by atoms with E-state index in [1.165, 1.54) is 0 Å². The van der Waals surface area contributed by atoms with Gasteiger partial charge in [0.2, 0.25) is 0 Å². The van der Waals surface area contributed by atoms with Gasteiger partial charge in [-0.05, 0) is 22.3 Å². The molecule has 0 spiro atoms. The average Bonchev–Trinajstić information content (AvgIpc) is 2.80. The van der Waals surface area contributed by atoms with E-state index >= 15 is 0 Å². The lowest BCUT2D eigenvalue weighted by atomic mass is 10.0. The molecule has 0 atom stereocenters. The number of benzene rings is 1. The van der Waals surface area contributed by atoms with Crippen LogP contribution < -0.4 is 0 Å². The molecule has 1 aliphatic carbocycles. The van der Waals surface area contributed by atoms with E-state index in [1.807, 2.05) is 0 Å². The second-order valence-electron chi connectivity index (χ2n) is 4.26. The van der Waals surface area contributed by atoms with Gasteiger partial charge in [0.1, 0.15) is 23.3 Å². The van der Waals surface area contributed by atoms with E-state index in [0.717, 1.165) is 0 Å². The van der Waals surface area contributed by atoms with Crippen molar-refractivity contribution in [3.63, 3.8) is 0 Å². The van der Waals surface area contributed by atoms with Crippen molar-refractivity contribution in [3.8, 4) is 12.1 Å². The van der Waals surface area contributed by atoms with E-state index in [0.29, 0.717) is 11.1 Å². The highest BCUT2D eigenvalue weighted by Gasteiger charge is 2.30. The van der Waals surface area contributed by atoms with Gasteiger partial charge in [0.25, 0.3) is 0 Å². The van der Waals surface area contributed by atoms with E-state index in [1.54, 1.807) is 36.4 Å². The Labute approximate surface area is 119 Å². The number of nitrogens with zero attached hydrogens (tertiary/aromatic N) is 2. The Morgan fingerprint density at radius 1 is 0.905 bits per heavy atom. The van der Waals surface area contributed by atoms with Crippen LogP contribution in [0.5, 0.6) is 0 Å². The summed E-state index contributed by atoms with van der Waals surface area (Å²) in [5.41, 5.74) is 0.510. The standard InChI is InChI=1S/C15H8N2O4/c16-6-12(14(18)19)10-5-11(13(7-17)15(20)21)9-4-2-1-3-8(9)10/h1-4H,5H2,(H,18,19)(H,20,21)/b12-10-,13-11+. The molecule has 1 aromatic carbocycles. The summed E-state index contributed by atoms with van der Waals surface area (Å²) in [6.07, 6.45) is -0.0657. The van der Waals surface area contributed by atoms with Crippen LogP contribution >= 0.6 is 0 Å². The quantitative estimate of drug-likeness (QED) is 0.629. The molecule has 0 aromatic heterocycles. The monoisotopic (exact) mass is 280 g/mol. The third-order valence-electron chi connectivity index (χ3n) is 3.19. The summed E-state index contributed by atoms with van der Waals surface area (Å²) >= 11 is 0. The molecule has 0 fully saturated rings. The van der Waals surface area contributed by atoms with Crippen LogP contribution in [0.3, 0.4) is 0 Å². The normalized spacial score (nSPS) is 17.2. The van der Waals surface area contributed by atoms with E-state index in [4.69, 9.17) is 20.7 Å². The predicted molar refractivity (Wildman–Crippen MR) is 71.4 cm³/mol. The van der Waals surface area contributed by atoms with E-state index in [-0.39, 0.29) is 17.6 Å². The molecule has 0 radical (unpaired) electrons. The molecule has 0 aliphatic heterocycles. The van der Waals surface area contributed by atoms with Gasteiger partial charge in [-0.3, -0.25) is 0 Å². The molecule has 6 heteroatoms. The smallest absolute Gasteiger partial charge is 0.346 e. The molecule has 0 saturated carbocycles. The van der Waals surface area contributed by atoms with Gasteiger partial charge in [0.05, 0.1) is 0 Å². The Balaban J connectivity index is 2.82. The SMILES string of the molecule is N#C/C(C(=O)O)=C1\C/C(=C(/C#N)C(=O)O)c2ccccc21. The van der Waals surface area contributed by atoms with Crippen LogP contribution in [0.1, 0.15) is 17.5 Å². The van der Waals surface area contributed by atoms with E-state index in [2.05, 4.69) is 0 Å². The zero-order chi connectivity index (χ0) is 15.6. The highest BCUT2D eigenvalue weighted by molar-refractivity contribution is 6.11. The van der Waals surface area contributed by atoms with Crippen LogP contribution in [-0.2, 0) is 9.59 Å². The average molecular weight is 280 g/mol. The van der Waals surface area contributed by atoms with Gasteiger partial charge in [-0.25, -0.2) is 9.59 Å². The minimum absolute atomic E-state index is 0.0657. The fourth-order valence-electron chi connectivity index (χ4n) is 2.31. The number of carboxylic acid groups (broad SMARTS) is 2. The van der Waals surface area contributed by atoms with Crippen molar-refractivity contribution >= 4 is 23.1 Å². The number of hydrogen-bond donors (Lipinski definition) is 2. The number of allylic oxidation sites excluding steroid dienone is 2. The molecular weight excluding hydrogens is 272 g/mol. The first-order valence-electron chi connectivity index (χ1n) is 5.84. The maximum absolute atomic E-state index is 11.1. The highest BCUT2D eigenvalue weighted by atomic mass is 16.4. The van der Waals surface area contributed by atoms with Crippen molar-refractivity contribution < 1.29 is 19.8 Å². The summed E-state index contributed by atoms with van der Waals surface area (Å²) in [6.45, 7) is 0. The van der Waals surface area contributed by atoms with Gasteiger partial charge in [-0.2, -0.15) is 10.5 Å². The Morgan fingerprint density at radius 2 is 1.29 bits per heavy atom. The molecule has 1 aromatic rings. The fourth-order valence-corrected chi connectivity index (χ4v) is 2.31. The minimum Gasteiger partial charge on any atom is -0.477 e. The maximum atomic E-state index is 11.1. The third-order valence-corrected chi connectivity index (χ3v) is 3.19. The summed E-state index contributed by atoms with van der Waals surface area (Å²) in [7, 11) is 0. The first-order chi connectivity index (χ1) is 10.0. The van der Waals surface area contributed by atoms with Crippen molar-refractivity contribution in [3.05, 3.63) is 46.5 Å². The lowest BCUT2D eigenvalue weighted by Crippen LogP contribution is -2.02. The Bertz CT molecular complexity index is 737. The zero-order valence-electron chi connectivity index (χ0n) is 10.6. The van der Waals surface area contributed by atoms with Crippen molar-refractivity contribution in [1.82, 2.24) is 0 Å². The van der Waals surface area contributed by atoms with Crippen LogP contribution in [-0.4, -0.2) is 22.2 Å². The third kappa shape index (κ3) is 2.26. The number of rotatable bonds is 2. The summed E-state index contributed by atoms with van der Waals surface area (Å²) in [5.74, 6) is -2.75. The maximum Gasteiger partial charge on any atom is 0.346 e. The number of carbonyl (C=O) groups is 2.